The van der Waals surface area contributed by atoms with Gasteiger partial charge in [0.05, 0.1) is 12.2 Å². The van der Waals surface area contributed by atoms with E-state index < -0.39 is 16.8 Å². The topological polar surface area (TPSA) is 56.5 Å². The van der Waals surface area contributed by atoms with Crippen molar-refractivity contribution in [2.45, 2.75) is 45.6 Å². The molecule has 1 atom stereocenters. The maximum atomic E-state index is 14.7. The van der Waals surface area contributed by atoms with Gasteiger partial charge in [0.1, 0.15) is 23.2 Å². The molecule has 1 heterocycles. The number of piperidine rings is 1. The van der Waals surface area contributed by atoms with Gasteiger partial charge in [0, 0.05) is 11.0 Å². The number of hydrogen-bond donors (Lipinski definition) is 1. The van der Waals surface area contributed by atoms with Crippen molar-refractivity contribution in [3.63, 3.8) is 0 Å². The van der Waals surface area contributed by atoms with Crippen LogP contribution in [0.25, 0.3) is 0 Å². The van der Waals surface area contributed by atoms with Gasteiger partial charge in [-0.2, -0.15) is 5.26 Å². The van der Waals surface area contributed by atoms with Crippen molar-refractivity contribution in [1.29, 1.82) is 5.26 Å². The van der Waals surface area contributed by atoms with Gasteiger partial charge in [-0.15, -0.1) is 0 Å². The van der Waals surface area contributed by atoms with Crippen LogP contribution in [0.5, 0.6) is 5.75 Å². The number of aliphatic hydroxyl groups is 1. The quantitative estimate of drug-likeness (QED) is 0.913. The molecule has 0 radical (unpaired) electrons. The molecule has 0 amide bonds. The van der Waals surface area contributed by atoms with Crippen LogP contribution in [0.4, 0.5) is 4.39 Å². The summed E-state index contributed by atoms with van der Waals surface area (Å²) in [5.41, 5.74) is -0.514. The number of likely N-dealkylation sites (tertiary alicyclic amines) is 1. The maximum absolute atomic E-state index is 14.7. The second kappa shape index (κ2) is 6.26. The Hall–Kier alpha value is -1.64. The fourth-order valence-corrected chi connectivity index (χ4v) is 4.72. The molecule has 1 unspecified atom stereocenters. The smallest absolute Gasteiger partial charge is 0.143 e. The van der Waals surface area contributed by atoms with Gasteiger partial charge in [-0.1, -0.05) is 13.8 Å². The van der Waals surface area contributed by atoms with Crippen LogP contribution in [0.1, 0.15) is 50.3 Å². The zero-order valence-corrected chi connectivity index (χ0v) is 15.5. The molecule has 4 nitrogen and oxygen atoms in total. The molecule has 0 bridgehead atoms. The first-order chi connectivity index (χ1) is 11.8. The summed E-state index contributed by atoms with van der Waals surface area (Å²) in [5, 5.41) is 21.4. The minimum absolute atomic E-state index is 0.0208. The highest BCUT2D eigenvalue weighted by atomic mass is 19.1. The van der Waals surface area contributed by atoms with E-state index in [1.165, 1.54) is 6.07 Å². The van der Waals surface area contributed by atoms with Gasteiger partial charge in [0.2, 0.25) is 0 Å². The van der Waals surface area contributed by atoms with Crippen molar-refractivity contribution in [3.05, 3.63) is 28.6 Å². The second-order valence-corrected chi connectivity index (χ2v) is 8.04. The SMILES string of the molecule is CCOc1c(C#N)cc(F)c2c1C(O)(C1CCN(C)CC1)C(C)(C)C2. The Morgan fingerprint density at radius 1 is 1.40 bits per heavy atom. The van der Waals surface area contributed by atoms with E-state index in [1.54, 1.807) is 0 Å². The molecule has 1 saturated heterocycles. The summed E-state index contributed by atoms with van der Waals surface area (Å²) in [7, 11) is 2.08. The van der Waals surface area contributed by atoms with Crippen LogP contribution in [0, 0.1) is 28.5 Å². The molecule has 1 fully saturated rings. The molecule has 25 heavy (non-hydrogen) atoms. The van der Waals surface area contributed by atoms with Crippen LogP contribution in [0.15, 0.2) is 6.07 Å². The molecule has 1 aliphatic heterocycles. The van der Waals surface area contributed by atoms with Gasteiger partial charge in [0.15, 0.2) is 0 Å². The summed E-state index contributed by atoms with van der Waals surface area (Å²) in [6.07, 6.45) is 2.14. The first-order valence-electron chi connectivity index (χ1n) is 9.06. The molecule has 1 N–H and O–H groups in total. The maximum Gasteiger partial charge on any atom is 0.143 e. The summed E-state index contributed by atoms with van der Waals surface area (Å²) in [5.74, 6) is -0.0205. The van der Waals surface area contributed by atoms with Gasteiger partial charge in [0.25, 0.3) is 0 Å². The summed E-state index contributed by atoms with van der Waals surface area (Å²) in [6, 6.07) is 3.29. The van der Waals surface area contributed by atoms with Crippen LogP contribution in [-0.4, -0.2) is 36.8 Å². The van der Waals surface area contributed by atoms with E-state index in [9.17, 15) is 14.8 Å². The van der Waals surface area contributed by atoms with Crippen molar-refractivity contribution in [1.82, 2.24) is 4.90 Å². The van der Waals surface area contributed by atoms with E-state index in [2.05, 4.69) is 11.9 Å². The fourth-order valence-electron chi connectivity index (χ4n) is 4.72. The van der Waals surface area contributed by atoms with Gasteiger partial charge in [-0.25, -0.2) is 4.39 Å². The van der Waals surface area contributed by atoms with Crippen LogP contribution in [-0.2, 0) is 12.0 Å². The lowest BCUT2D eigenvalue weighted by atomic mass is 9.65. The number of rotatable bonds is 3. The van der Waals surface area contributed by atoms with Gasteiger partial charge >= 0.3 is 0 Å². The lowest BCUT2D eigenvalue weighted by molar-refractivity contribution is -0.122. The van der Waals surface area contributed by atoms with E-state index >= 15 is 0 Å². The second-order valence-electron chi connectivity index (χ2n) is 8.04. The third-order valence-electron chi connectivity index (χ3n) is 6.08. The molecule has 1 aromatic carbocycles. The van der Waals surface area contributed by atoms with E-state index in [4.69, 9.17) is 4.74 Å². The normalized spacial score (nSPS) is 26.3. The Kier molecular flexibility index (Phi) is 4.55. The summed E-state index contributed by atoms with van der Waals surface area (Å²) in [4.78, 5) is 2.25. The Morgan fingerprint density at radius 3 is 2.60 bits per heavy atom. The molecule has 1 aromatic rings. The first-order valence-corrected chi connectivity index (χ1v) is 9.06. The zero-order valence-electron chi connectivity index (χ0n) is 15.5. The first kappa shape index (κ1) is 18.2. The van der Waals surface area contributed by atoms with Gasteiger partial charge in [-0.3, -0.25) is 0 Å². The highest BCUT2D eigenvalue weighted by Crippen LogP contribution is 2.59. The number of fused-ring (bicyclic) bond motifs is 1. The van der Waals surface area contributed by atoms with Crippen molar-refractivity contribution < 1.29 is 14.2 Å². The number of benzene rings is 1. The predicted molar refractivity (Wildman–Crippen MR) is 93.9 cm³/mol. The number of nitriles is 1. The minimum Gasteiger partial charge on any atom is -0.492 e. The third kappa shape index (κ3) is 2.63. The average molecular weight is 346 g/mol. The minimum atomic E-state index is -1.19. The molecular weight excluding hydrogens is 319 g/mol. The molecule has 0 spiro atoms. The van der Waals surface area contributed by atoms with E-state index in [-0.39, 0.29) is 11.5 Å². The average Bonchev–Trinajstić information content (AvgIpc) is 2.79. The summed E-state index contributed by atoms with van der Waals surface area (Å²) in [6.45, 7) is 8.01. The van der Waals surface area contributed by atoms with Gasteiger partial charge < -0.3 is 14.7 Å². The van der Waals surface area contributed by atoms with Crippen molar-refractivity contribution in [2.75, 3.05) is 26.7 Å². The van der Waals surface area contributed by atoms with Crippen molar-refractivity contribution in [2.24, 2.45) is 11.3 Å². The lowest BCUT2D eigenvalue weighted by Gasteiger charge is -2.46. The van der Waals surface area contributed by atoms with E-state index in [0.29, 0.717) is 29.9 Å². The van der Waals surface area contributed by atoms with Crippen LogP contribution < -0.4 is 4.74 Å². The molecule has 3 rings (SSSR count). The molecule has 2 aliphatic rings. The van der Waals surface area contributed by atoms with Crippen molar-refractivity contribution >= 4 is 0 Å². The molecule has 0 aromatic heterocycles. The molecule has 136 valence electrons. The largest absolute Gasteiger partial charge is 0.492 e. The Labute approximate surface area is 149 Å². The van der Waals surface area contributed by atoms with Crippen LogP contribution >= 0.6 is 0 Å². The summed E-state index contributed by atoms with van der Waals surface area (Å²) >= 11 is 0. The van der Waals surface area contributed by atoms with E-state index in [1.807, 2.05) is 26.8 Å². The Morgan fingerprint density at radius 2 is 2.04 bits per heavy atom. The highest BCUT2D eigenvalue weighted by molar-refractivity contribution is 5.58. The molecular formula is C20H27FN2O2. The van der Waals surface area contributed by atoms with Gasteiger partial charge in [-0.05, 0) is 63.9 Å². The third-order valence-corrected chi connectivity index (χ3v) is 6.08. The number of ether oxygens (including phenoxy) is 1. The predicted octanol–water partition coefficient (Wildman–Crippen LogP) is 3.21. The molecule has 5 heteroatoms. The Bertz CT molecular complexity index is 717. The standard InChI is InChI=1S/C20H27FN2O2/c1-5-25-18-13(12-22)10-16(21)15-11-19(2,3)20(24,17(15)18)14-6-8-23(4)9-7-14/h10,14,24H,5-9,11H2,1-4H3. The zero-order chi connectivity index (χ0) is 18.4. The van der Waals surface area contributed by atoms with E-state index in [0.717, 1.165) is 25.9 Å². The Balaban J connectivity index is 2.22. The number of halogens is 1. The monoisotopic (exact) mass is 346 g/mol. The van der Waals surface area contributed by atoms with Crippen molar-refractivity contribution in [3.8, 4) is 11.8 Å². The summed E-state index contributed by atoms with van der Waals surface area (Å²) < 4.78 is 20.5. The van der Waals surface area contributed by atoms with Crippen LogP contribution in [0.3, 0.4) is 0 Å². The fraction of sp³-hybridized carbons (Fsp3) is 0.650. The van der Waals surface area contributed by atoms with Crippen LogP contribution in [0.2, 0.25) is 0 Å². The highest BCUT2D eigenvalue weighted by Gasteiger charge is 2.58. The number of nitrogens with zero attached hydrogens (tertiary/aromatic N) is 2. The lowest BCUT2D eigenvalue weighted by Crippen LogP contribution is -2.49. The number of hydrogen-bond acceptors (Lipinski definition) is 4. The molecule has 0 saturated carbocycles. The molecule has 1 aliphatic carbocycles.